The fourth-order valence-corrected chi connectivity index (χ4v) is 1.73. The highest BCUT2D eigenvalue weighted by molar-refractivity contribution is 5.55. The Balaban J connectivity index is 3.09. The Morgan fingerprint density at radius 2 is 1.82 bits per heavy atom. The Kier molecular flexibility index (Phi) is 4.81. The fraction of sp³-hybridized carbons (Fsp3) is 0.500. The summed E-state index contributed by atoms with van der Waals surface area (Å²) in [5.74, 6) is 0. The molecule has 1 aromatic rings. The molecule has 0 unspecified atom stereocenters. The molecule has 0 bridgehead atoms. The van der Waals surface area contributed by atoms with Crippen LogP contribution in [0.25, 0.3) is 0 Å². The maximum Gasteiger partial charge on any atom is 0.418 e. The Hall–Kier alpha value is -1.23. The first-order valence-corrected chi connectivity index (χ1v) is 5.52. The number of halogens is 3. The van der Waals surface area contributed by atoms with E-state index in [-0.39, 0.29) is 18.8 Å². The number of hydrogen-bond donors (Lipinski definition) is 1. The maximum atomic E-state index is 12.8. The van der Waals surface area contributed by atoms with Crippen LogP contribution in [-0.2, 0) is 6.18 Å². The lowest BCUT2D eigenvalue weighted by molar-refractivity contribution is -0.137. The number of para-hydroxylation sites is 1. The lowest BCUT2D eigenvalue weighted by Crippen LogP contribution is -2.29. The molecule has 1 N–H and O–H groups in total. The highest BCUT2D eigenvalue weighted by Crippen LogP contribution is 2.36. The number of anilines is 1. The summed E-state index contributed by atoms with van der Waals surface area (Å²) < 4.78 is 38.4. The van der Waals surface area contributed by atoms with Crippen molar-refractivity contribution < 1.29 is 18.3 Å². The molecule has 0 radical (unpaired) electrons. The predicted molar refractivity (Wildman–Crippen MR) is 61.0 cm³/mol. The number of aliphatic hydroxyl groups is 1. The van der Waals surface area contributed by atoms with E-state index < -0.39 is 11.7 Å². The minimum atomic E-state index is -4.36. The van der Waals surface area contributed by atoms with Crippen LogP contribution in [0, 0.1) is 0 Å². The van der Waals surface area contributed by atoms with Crippen LogP contribution < -0.4 is 4.90 Å². The second-order valence-corrected chi connectivity index (χ2v) is 3.73. The van der Waals surface area contributed by atoms with Gasteiger partial charge in [0.05, 0.1) is 12.2 Å². The van der Waals surface area contributed by atoms with Crippen LogP contribution in [0.15, 0.2) is 24.3 Å². The van der Waals surface area contributed by atoms with Crippen molar-refractivity contribution in [3.05, 3.63) is 29.8 Å². The minimum Gasteiger partial charge on any atom is -0.395 e. The first-order chi connectivity index (χ1) is 8.00. The zero-order chi connectivity index (χ0) is 12.9. The first-order valence-electron chi connectivity index (χ1n) is 5.52. The van der Waals surface area contributed by atoms with Crippen LogP contribution >= 0.6 is 0 Å². The fourth-order valence-electron chi connectivity index (χ4n) is 1.73. The number of benzene rings is 1. The van der Waals surface area contributed by atoms with E-state index in [0.717, 1.165) is 12.5 Å². The van der Waals surface area contributed by atoms with Crippen LogP contribution in [0.2, 0.25) is 0 Å². The molecule has 0 aliphatic rings. The summed E-state index contributed by atoms with van der Waals surface area (Å²) in [6.07, 6.45) is -3.63. The number of hydrogen-bond acceptors (Lipinski definition) is 2. The van der Waals surface area contributed by atoms with E-state index in [1.165, 1.54) is 12.1 Å². The molecule has 0 saturated carbocycles. The van der Waals surface area contributed by atoms with Crippen molar-refractivity contribution in [2.75, 3.05) is 24.6 Å². The zero-order valence-electron chi connectivity index (χ0n) is 9.67. The van der Waals surface area contributed by atoms with Gasteiger partial charge in [0.15, 0.2) is 0 Å². The zero-order valence-corrected chi connectivity index (χ0v) is 9.67. The van der Waals surface area contributed by atoms with Crippen LogP contribution in [0.1, 0.15) is 18.9 Å². The van der Waals surface area contributed by atoms with Crippen molar-refractivity contribution in [3.8, 4) is 0 Å². The third-order valence-corrected chi connectivity index (χ3v) is 2.41. The Labute approximate surface area is 98.7 Å². The SMILES string of the molecule is CCCN(CCO)c1ccccc1C(F)(F)F. The molecule has 0 atom stereocenters. The van der Waals surface area contributed by atoms with Crippen molar-refractivity contribution in [3.63, 3.8) is 0 Å². The molecule has 17 heavy (non-hydrogen) atoms. The van der Waals surface area contributed by atoms with Gasteiger partial charge in [-0.05, 0) is 18.6 Å². The van der Waals surface area contributed by atoms with Gasteiger partial charge < -0.3 is 10.0 Å². The maximum absolute atomic E-state index is 12.8. The second-order valence-electron chi connectivity index (χ2n) is 3.73. The third-order valence-electron chi connectivity index (χ3n) is 2.41. The monoisotopic (exact) mass is 247 g/mol. The van der Waals surface area contributed by atoms with Crippen molar-refractivity contribution in [2.24, 2.45) is 0 Å². The van der Waals surface area contributed by atoms with E-state index in [1.807, 2.05) is 6.92 Å². The number of nitrogens with zero attached hydrogens (tertiary/aromatic N) is 1. The van der Waals surface area contributed by atoms with Gasteiger partial charge in [0.25, 0.3) is 0 Å². The number of alkyl halides is 3. The van der Waals surface area contributed by atoms with E-state index in [0.29, 0.717) is 6.54 Å². The molecule has 0 aromatic heterocycles. The van der Waals surface area contributed by atoms with Crippen LogP contribution in [0.5, 0.6) is 0 Å². The first kappa shape index (κ1) is 13.8. The average molecular weight is 247 g/mol. The summed E-state index contributed by atoms with van der Waals surface area (Å²) in [6, 6.07) is 5.45. The standard InChI is InChI=1S/C12H16F3NO/c1-2-7-16(8-9-17)11-6-4-3-5-10(11)12(13,14)15/h3-6,17H,2,7-9H2,1H3. The predicted octanol–water partition coefficient (Wildman–Crippen LogP) is 2.91. The van der Waals surface area contributed by atoms with E-state index in [9.17, 15) is 13.2 Å². The number of aliphatic hydroxyl groups excluding tert-OH is 1. The molecule has 2 nitrogen and oxygen atoms in total. The molecule has 0 amide bonds. The molecule has 0 saturated heterocycles. The van der Waals surface area contributed by atoms with Gasteiger partial charge >= 0.3 is 6.18 Å². The van der Waals surface area contributed by atoms with E-state index in [4.69, 9.17) is 5.11 Å². The van der Waals surface area contributed by atoms with Crippen LogP contribution in [0.3, 0.4) is 0 Å². The molecule has 0 spiro atoms. The van der Waals surface area contributed by atoms with Crippen molar-refractivity contribution >= 4 is 5.69 Å². The van der Waals surface area contributed by atoms with Gasteiger partial charge in [0, 0.05) is 18.8 Å². The van der Waals surface area contributed by atoms with Gasteiger partial charge in [-0.25, -0.2) is 0 Å². The van der Waals surface area contributed by atoms with Crippen LogP contribution in [-0.4, -0.2) is 24.8 Å². The molecule has 0 aliphatic carbocycles. The molecular formula is C12H16F3NO. The van der Waals surface area contributed by atoms with E-state index in [1.54, 1.807) is 11.0 Å². The Morgan fingerprint density at radius 3 is 2.35 bits per heavy atom. The van der Waals surface area contributed by atoms with E-state index in [2.05, 4.69) is 0 Å². The molecule has 1 rings (SSSR count). The molecule has 1 aromatic carbocycles. The highest BCUT2D eigenvalue weighted by atomic mass is 19.4. The van der Waals surface area contributed by atoms with Crippen LogP contribution in [0.4, 0.5) is 18.9 Å². The average Bonchev–Trinajstić information content (AvgIpc) is 2.28. The van der Waals surface area contributed by atoms with Gasteiger partial charge in [-0.15, -0.1) is 0 Å². The summed E-state index contributed by atoms with van der Waals surface area (Å²) in [4.78, 5) is 1.56. The second kappa shape index (κ2) is 5.91. The molecule has 0 heterocycles. The van der Waals surface area contributed by atoms with Crippen molar-refractivity contribution in [1.29, 1.82) is 0 Å². The van der Waals surface area contributed by atoms with E-state index >= 15 is 0 Å². The third kappa shape index (κ3) is 3.63. The summed E-state index contributed by atoms with van der Waals surface area (Å²) in [7, 11) is 0. The summed E-state index contributed by atoms with van der Waals surface area (Å²) in [6.45, 7) is 2.43. The molecule has 96 valence electrons. The van der Waals surface area contributed by atoms with Gasteiger partial charge in [0.2, 0.25) is 0 Å². The van der Waals surface area contributed by atoms with Gasteiger partial charge in [-0.2, -0.15) is 13.2 Å². The topological polar surface area (TPSA) is 23.5 Å². The minimum absolute atomic E-state index is 0.135. The van der Waals surface area contributed by atoms with Gasteiger partial charge in [-0.1, -0.05) is 19.1 Å². The van der Waals surface area contributed by atoms with Gasteiger partial charge in [0.1, 0.15) is 0 Å². The summed E-state index contributed by atoms with van der Waals surface area (Å²) in [5.41, 5.74) is -0.516. The molecule has 5 heteroatoms. The number of rotatable bonds is 5. The Bertz CT molecular complexity index is 346. The molecule has 0 aliphatic heterocycles. The smallest absolute Gasteiger partial charge is 0.395 e. The lowest BCUT2D eigenvalue weighted by atomic mass is 10.1. The quantitative estimate of drug-likeness (QED) is 0.864. The summed E-state index contributed by atoms with van der Waals surface area (Å²) >= 11 is 0. The highest BCUT2D eigenvalue weighted by Gasteiger charge is 2.34. The molecular weight excluding hydrogens is 231 g/mol. The summed E-state index contributed by atoms with van der Waals surface area (Å²) in [5, 5.41) is 8.90. The normalized spacial score (nSPS) is 11.6. The Morgan fingerprint density at radius 1 is 1.18 bits per heavy atom. The van der Waals surface area contributed by atoms with Crippen molar-refractivity contribution in [2.45, 2.75) is 19.5 Å². The largest absolute Gasteiger partial charge is 0.418 e. The molecule has 0 fully saturated rings. The van der Waals surface area contributed by atoms with Crippen molar-refractivity contribution in [1.82, 2.24) is 0 Å². The lowest BCUT2D eigenvalue weighted by Gasteiger charge is -2.26. The van der Waals surface area contributed by atoms with Gasteiger partial charge in [-0.3, -0.25) is 0 Å².